The highest BCUT2D eigenvalue weighted by Crippen LogP contribution is 2.38. The molecule has 1 aliphatic carbocycles. The summed E-state index contributed by atoms with van der Waals surface area (Å²) in [6.07, 6.45) is 4.13. The Morgan fingerprint density at radius 3 is 2.77 bits per heavy atom. The van der Waals surface area contributed by atoms with Crippen LogP contribution in [0, 0.1) is 6.92 Å². The van der Waals surface area contributed by atoms with Gasteiger partial charge >= 0.3 is 0 Å². The zero-order valence-corrected chi connectivity index (χ0v) is 14.1. The van der Waals surface area contributed by atoms with Gasteiger partial charge in [-0.25, -0.2) is 0 Å². The van der Waals surface area contributed by atoms with E-state index in [1.54, 1.807) is 11.3 Å². The second-order valence-electron chi connectivity index (χ2n) is 5.82. The summed E-state index contributed by atoms with van der Waals surface area (Å²) < 4.78 is 7.33. The van der Waals surface area contributed by atoms with Gasteiger partial charge in [-0.15, -0.1) is 23.7 Å². The van der Waals surface area contributed by atoms with E-state index in [9.17, 15) is 0 Å². The van der Waals surface area contributed by atoms with Crippen LogP contribution in [0.25, 0.3) is 21.0 Å². The van der Waals surface area contributed by atoms with E-state index in [-0.39, 0.29) is 12.4 Å². The monoisotopic (exact) mass is 339 g/mol. The number of hydrogen-bond acceptors (Lipinski definition) is 6. The summed E-state index contributed by atoms with van der Waals surface area (Å²) in [7, 11) is 1.95. The van der Waals surface area contributed by atoms with Crippen molar-refractivity contribution >= 4 is 34.0 Å². The van der Waals surface area contributed by atoms with Crippen LogP contribution in [-0.4, -0.2) is 19.9 Å². The van der Waals surface area contributed by atoms with Crippen LogP contribution in [0.4, 0.5) is 0 Å². The Bertz CT molecular complexity index is 780. The van der Waals surface area contributed by atoms with Gasteiger partial charge in [0.25, 0.3) is 5.89 Å². The first-order valence-electron chi connectivity index (χ1n) is 7.13. The van der Waals surface area contributed by atoms with Crippen LogP contribution in [-0.2, 0) is 12.6 Å². The van der Waals surface area contributed by atoms with Crippen LogP contribution in [0.3, 0.4) is 0 Å². The fourth-order valence-electron chi connectivity index (χ4n) is 3.07. The molecule has 0 aromatic carbocycles. The third-order valence-electron chi connectivity index (χ3n) is 4.27. The molecule has 8 heteroatoms. The number of aryl methyl sites for hydroxylation is 2. The Labute approximate surface area is 138 Å². The molecule has 0 spiro atoms. The molecule has 0 unspecified atom stereocenters. The quantitative estimate of drug-likeness (QED) is 0.775. The van der Waals surface area contributed by atoms with Gasteiger partial charge in [0.2, 0.25) is 0 Å². The van der Waals surface area contributed by atoms with Crippen LogP contribution < -0.4 is 5.73 Å². The van der Waals surface area contributed by atoms with Crippen LogP contribution in [0.1, 0.15) is 37.2 Å². The maximum atomic E-state index is 6.38. The number of thiophene rings is 1. The van der Waals surface area contributed by atoms with E-state index in [2.05, 4.69) is 21.3 Å². The molecule has 118 valence electrons. The molecule has 0 atom stereocenters. The van der Waals surface area contributed by atoms with Crippen LogP contribution >= 0.6 is 23.7 Å². The lowest BCUT2D eigenvalue weighted by atomic mass is 9.99. The van der Waals surface area contributed by atoms with E-state index in [1.807, 2.05) is 18.7 Å². The number of nitrogens with two attached hydrogens (primary N) is 1. The summed E-state index contributed by atoms with van der Waals surface area (Å²) in [5.41, 5.74) is 6.99. The topological polar surface area (TPSA) is 82.8 Å². The van der Waals surface area contributed by atoms with Gasteiger partial charge in [-0.3, -0.25) is 4.68 Å². The number of fused-ring (bicyclic) bond motifs is 1. The van der Waals surface area contributed by atoms with Crippen molar-refractivity contribution < 1.29 is 4.52 Å². The van der Waals surface area contributed by atoms with Crippen molar-refractivity contribution in [1.82, 2.24) is 19.9 Å². The maximum Gasteiger partial charge on any atom is 0.268 e. The first-order chi connectivity index (χ1) is 10.1. The fourth-order valence-corrected chi connectivity index (χ4v) is 4.11. The van der Waals surface area contributed by atoms with E-state index in [0.29, 0.717) is 11.7 Å². The van der Waals surface area contributed by atoms with Crippen molar-refractivity contribution in [1.29, 1.82) is 0 Å². The average Bonchev–Trinajstić information content (AvgIpc) is 3.18. The Morgan fingerprint density at radius 1 is 1.36 bits per heavy atom. The maximum absolute atomic E-state index is 6.38. The molecule has 1 fully saturated rings. The smallest absolute Gasteiger partial charge is 0.268 e. The summed E-state index contributed by atoms with van der Waals surface area (Å²) in [4.78, 5) is 6.64. The lowest BCUT2D eigenvalue weighted by molar-refractivity contribution is 0.373. The predicted octanol–water partition coefficient (Wildman–Crippen LogP) is 3.14. The lowest BCUT2D eigenvalue weighted by Gasteiger charge is -2.17. The van der Waals surface area contributed by atoms with E-state index >= 15 is 0 Å². The predicted molar refractivity (Wildman–Crippen MR) is 88.2 cm³/mol. The van der Waals surface area contributed by atoms with Gasteiger partial charge in [0.1, 0.15) is 4.83 Å². The molecule has 0 bridgehead atoms. The molecule has 0 radical (unpaired) electrons. The Kier molecular flexibility index (Phi) is 3.74. The van der Waals surface area contributed by atoms with Crippen molar-refractivity contribution in [2.24, 2.45) is 12.8 Å². The summed E-state index contributed by atoms with van der Waals surface area (Å²) in [6, 6.07) is 2.07. The van der Waals surface area contributed by atoms with Crippen molar-refractivity contribution in [3.8, 4) is 10.8 Å². The number of aromatic nitrogens is 4. The highest BCUT2D eigenvalue weighted by atomic mass is 35.5. The van der Waals surface area contributed by atoms with Gasteiger partial charge < -0.3 is 10.3 Å². The molecule has 3 aromatic heterocycles. The van der Waals surface area contributed by atoms with Crippen molar-refractivity contribution in [2.75, 3.05) is 0 Å². The molecule has 6 nitrogen and oxygen atoms in total. The molecule has 2 N–H and O–H groups in total. The third kappa shape index (κ3) is 2.24. The molecule has 1 saturated carbocycles. The van der Waals surface area contributed by atoms with Crippen LogP contribution in [0.15, 0.2) is 10.6 Å². The molecular weight excluding hydrogens is 322 g/mol. The molecule has 0 amide bonds. The van der Waals surface area contributed by atoms with Crippen molar-refractivity contribution in [3.63, 3.8) is 0 Å². The van der Waals surface area contributed by atoms with Gasteiger partial charge in [0.05, 0.1) is 16.1 Å². The van der Waals surface area contributed by atoms with Crippen molar-refractivity contribution in [3.05, 3.63) is 17.6 Å². The number of hydrogen-bond donors (Lipinski definition) is 1. The van der Waals surface area contributed by atoms with Gasteiger partial charge in [0.15, 0.2) is 5.82 Å². The fraction of sp³-hybridized carbons (Fsp3) is 0.500. The minimum Gasteiger partial charge on any atom is -0.333 e. The Balaban J connectivity index is 0.00000144. The van der Waals surface area contributed by atoms with Crippen LogP contribution in [0.2, 0.25) is 0 Å². The second kappa shape index (κ2) is 5.33. The molecule has 0 aliphatic heterocycles. The minimum atomic E-state index is -0.407. The number of nitrogens with zero attached hydrogens (tertiary/aromatic N) is 4. The molecule has 22 heavy (non-hydrogen) atoms. The zero-order valence-electron chi connectivity index (χ0n) is 12.5. The summed E-state index contributed by atoms with van der Waals surface area (Å²) >= 11 is 1.62. The van der Waals surface area contributed by atoms with Gasteiger partial charge in [0, 0.05) is 12.4 Å². The Morgan fingerprint density at radius 2 is 2.09 bits per heavy atom. The van der Waals surface area contributed by atoms with E-state index < -0.39 is 5.54 Å². The normalized spacial score (nSPS) is 17.0. The lowest BCUT2D eigenvalue weighted by Crippen LogP contribution is -2.34. The average molecular weight is 340 g/mol. The second-order valence-corrected chi connectivity index (χ2v) is 6.86. The first kappa shape index (κ1) is 15.5. The van der Waals surface area contributed by atoms with Crippen LogP contribution in [0.5, 0.6) is 0 Å². The molecule has 1 aliphatic rings. The number of halogens is 1. The number of rotatable bonds is 2. The van der Waals surface area contributed by atoms with E-state index in [0.717, 1.165) is 46.5 Å². The summed E-state index contributed by atoms with van der Waals surface area (Å²) in [5, 5.41) is 9.66. The van der Waals surface area contributed by atoms with Crippen molar-refractivity contribution in [2.45, 2.75) is 38.1 Å². The van der Waals surface area contributed by atoms with Gasteiger partial charge in [-0.2, -0.15) is 10.1 Å². The molecule has 4 rings (SSSR count). The minimum absolute atomic E-state index is 0. The highest BCUT2D eigenvalue weighted by molar-refractivity contribution is 7.21. The molecule has 0 saturated heterocycles. The Hall–Kier alpha value is -1.44. The summed E-state index contributed by atoms with van der Waals surface area (Å²) in [5.74, 6) is 1.20. The van der Waals surface area contributed by atoms with Gasteiger partial charge in [-0.1, -0.05) is 18.0 Å². The third-order valence-corrected chi connectivity index (χ3v) is 5.46. The first-order valence-corrected chi connectivity index (χ1v) is 7.95. The SMILES string of the molecule is Cc1nn(C)c2sc(-c3nc(C4(N)CCCC4)no3)cc12.Cl. The summed E-state index contributed by atoms with van der Waals surface area (Å²) in [6.45, 7) is 2.01. The molecule has 3 aromatic rings. The standard InChI is InChI=1S/C14H17N5OS.ClH/c1-8-9-7-10(21-12(9)19(2)17-8)11-16-13(18-20-11)14(15)5-3-4-6-14;/h7H,3-6,15H2,1-2H3;1H. The molecular formula is C14H18ClN5OS. The largest absolute Gasteiger partial charge is 0.333 e. The van der Waals surface area contributed by atoms with E-state index in [1.165, 1.54) is 0 Å². The zero-order chi connectivity index (χ0) is 14.6. The van der Waals surface area contributed by atoms with E-state index in [4.69, 9.17) is 10.3 Å². The van der Waals surface area contributed by atoms with Gasteiger partial charge in [-0.05, 0) is 25.8 Å². The molecule has 3 heterocycles. The highest BCUT2D eigenvalue weighted by Gasteiger charge is 2.36.